The van der Waals surface area contributed by atoms with Crippen molar-refractivity contribution in [1.29, 1.82) is 0 Å². The fourth-order valence-corrected chi connectivity index (χ4v) is 2.07. The Hall–Kier alpha value is -1.19. The summed E-state index contributed by atoms with van der Waals surface area (Å²) >= 11 is 1.57. The van der Waals surface area contributed by atoms with E-state index in [0.717, 1.165) is 11.3 Å². The van der Waals surface area contributed by atoms with Crippen molar-refractivity contribution in [3.8, 4) is 0 Å². The lowest BCUT2D eigenvalue weighted by molar-refractivity contribution is 0.586. The molecule has 0 aliphatic carbocycles. The van der Waals surface area contributed by atoms with Crippen LogP contribution < -0.4 is 5.73 Å². The second-order valence-corrected chi connectivity index (χ2v) is 4.16. The molecule has 2 N–H and O–H groups in total. The van der Waals surface area contributed by atoms with Gasteiger partial charge in [-0.3, -0.25) is 0 Å². The molecule has 2 rings (SSSR count). The lowest BCUT2D eigenvalue weighted by atomic mass is 9.91. The van der Waals surface area contributed by atoms with Gasteiger partial charge in [-0.05, 0) is 12.5 Å². The molecule has 2 aromatic rings. The van der Waals surface area contributed by atoms with Crippen molar-refractivity contribution in [3.63, 3.8) is 0 Å². The highest BCUT2D eigenvalue weighted by Gasteiger charge is 2.24. The summed E-state index contributed by atoms with van der Waals surface area (Å²) in [6, 6.07) is 10.0. The van der Waals surface area contributed by atoms with E-state index in [4.69, 9.17) is 5.73 Å². The molecule has 0 bridgehead atoms. The lowest BCUT2D eigenvalue weighted by Gasteiger charge is -2.22. The van der Waals surface area contributed by atoms with Crippen LogP contribution in [0.3, 0.4) is 0 Å². The Balaban J connectivity index is 2.43. The first-order chi connectivity index (χ1) is 6.71. The van der Waals surface area contributed by atoms with Gasteiger partial charge in [0, 0.05) is 5.38 Å². The van der Waals surface area contributed by atoms with E-state index in [1.54, 1.807) is 11.3 Å². The molecular weight excluding hydrogens is 192 g/mol. The molecule has 2 nitrogen and oxygen atoms in total. The van der Waals surface area contributed by atoms with Crippen LogP contribution in [0.5, 0.6) is 0 Å². The standard InChI is InChI=1S/C11H12N2S/c1-11(12,10-7-14-8-13-10)9-5-3-2-4-6-9/h2-8H,12H2,1H3. The van der Waals surface area contributed by atoms with Crippen LogP contribution >= 0.6 is 11.3 Å². The first-order valence-electron chi connectivity index (χ1n) is 4.44. The first-order valence-corrected chi connectivity index (χ1v) is 5.38. The Morgan fingerprint density at radius 2 is 2.00 bits per heavy atom. The summed E-state index contributed by atoms with van der Waals surface area (Å²) in [4.78, 5) is 4.26. The number of nitrogens with zero attached hydrogens (tertiary/aromatic N) is 1. The summed E-state index contributed by atoms with van der Waals surface area (Å²) in [5.41, 5.74) is 9.59. The molecule has 3 heteroatoms. The van der Waals surface area contributed by atoms with Crippen molar-refractivity contribution < 1.29 is 0 Å². The van der Waals surface area contributed by atoms with Crippen molar-refractivity contribution in [1.82, 2.24) is 4.98 Å². The number of benzene rings is 1. The maximum atomic E-state index is 6.25. The van der Waals surface area contributed by atoms with Gasteiger partial charge in [0.15, 0.2) is 0 Å². The molecule has 0 aliphatic rings. The van der Waals surface area contributed by atoms with Gasteiger partial charge in [-0.15, -0.1) is 11.3 Å². The predicted molar refractivity (Wildman–Crippen MR) is 59.2 cm³/mol. The first kappa shape index (κ1) is 9.37. The van der Waals surface area contributed by atoms with Crippen molar-refractivity contribution >= 4 is 11.3 Å². The molecule has 0 aliphatic heterocycles. The molecule has 0 amide bonds. The lowest BCUT2D eigenvalue weighted by Crippen LogP contribution is -2.34. The van der Waals surface area contributed by atoms with Gasteiger partial charge in [-0.1, -0.05) is 30.3 Å². The Morgan fingerprint density at radius 3 is 2.57 bits per heavy atom. The Morgan fingerprint density at radius 1 is 1.29 bits per heavy atom. The molecule has 0 saturated heterocycles. The topological polar surface area (TPSA) is 38.9 Å². The molecule has 1 aromatic carbocycles. The average Bonchev–Trinajstić information content (AvgIpc) is 2.72. The molecular formula is C11H12N2S. The molecule has 0 spiro atoms. The van der Waals surface area contributed by atoms with E-state index in [-0.39, 0.29) is 0 Å². The third kappa shape index (κ3) is 1.56. The minimum Gasteiger partial charge on any atom is -0.317 e. The Bertz CT molecular complexity index is 392. The van der Waals surface area contributed by atoms with E-state index in [0.29, 0.717) is 0 Å². The molecule has 0 radical (unpaired) electrons. The largest absolute Gasteiger partial charge is 0.317 e. The zero-order chi connectivity index (χ0) is 10.0. The SMILES string of the molecule is CC(N)(c1ccccc1)c1cscn1. The van der Waals surface area contributed by atoms with Crippen molar-refractivity contribution in [2.24, 2.45) is 5.73 Å². The number of rotatable bonds is 2. The summed E-state index contributed by atoms with van der Waals surface area (Å²) in [6.45, 7) is 1.98. The molecule has 1 aromatic heterocycles. The van der Waals surface area contributed by atoms with Gasteiger partial charge in [0.05, 0.1) is 16.7 Å². The van der Waals surface area contributed by atoms with E-state index in [1.165, 1.54) is 0 Å². The summed E-state index contributed by atoms with van der Waals surface area (Å²) in [5.74, 6) is 0. The fourth-order valence-electron chi connectivity index (χ4n) is 1.40. The quantitative estimate of drug-likeness (QED) is 0.815. The Labute approximate surface area is 87.4 Å². The van der Waals surface area contributed by atoms with Crippen LogP contribution in [-0.2, 0) is 5.54 Å². The van der Waals surface area contributed by atoms with Gasteiger partial charge in [0.25, 0.3) is 0 Å². The highest BCUT2D eigenvalue weighted by molar-refractivity contribution is 7.07. The van der Waals surface area contributed by atoms with Crippen LogP contribution in [0.15, 0.2) is 41.2 Å². The van der Waals surface area contributed by atoms with Gasteiger partial charge in [-0.2, -0.15) is 0 Å². The number of hydrogen-bond acceptors (Lipinski definition) is 3. The fraction of sp³-hybridized carbons (Fsp3) is 0.182. The zero-order valence-electron chi connectivity index (χ0n) is 7.97. The molecule has 0 saturated carbocycles. The smallest absolute Gasteiger partial charge is 0.0819 e. The average molecular weight is 204 g/mol. The summed E-state index contributed by atoms with van der Waals surface area (Å²) < 4.78 is 0. The molecule has 1 unspecified atom stereocenters. The highest BCUT2D eigenvalue weighted by atomic mass is 32.1. The summed E-state index contributed by atoms with van der Waals surface area (Å²) in [6.07, 6.45) is 0. The second-order valence-electron chi connectivity index (χ2n) is 3.44. The van der Waals surface area contributed by atoms with Crippen LogP contribution in [0.25, 0.3) is 0 Å². The summed E-state index contributed by atoms with van der Waals surface area (Å²) in [7, 11) is 0. The molecule has 14 heavy (non-hydrogen) atoms. The number of aromatic nitrogens is 1. The molecule has 72 valence electrons. The predicted octanol–water partition coefficient (Wildman–Crippen LogP) is 2.37. The maximum absolute atomic E-state index is 6.25. The number of nitrogens with two attached hydrogens (primary N) is 1. The van der Waals surface area contributed by atoms with Crippen molar-refractivity contribution in [3.05, 3.63) is 52.5 Å². The van der Waals surface area contributed by atoms with E-state index in [1.807, 2.05) is 48.1 Å². The van der Waals surface area contributed by atoms with Gasteiger partial charge < -0.3 is 5.73 Å². The van der Waals surface area contributed by atoms with Crippen LogP contribution in [0.4, 0.5) is 0 Å². The highest BCUT2D eigenvalue weighted by Crippen LogP contribution is 2.25. The third-order valence-corrected chi connectivity index (χ3v) is 2.92. The molecule has 1 atom stereocenters. The zero-order valence-corrected chi connectivity index (χ0v) is 8.79. The van der Waals surface area contributed by atoms with Crippen molar-refractivity contribution in [2.75, 3.05) is 0 Å². The van der Waals surface area contributed by atoms with Gasteiger partial charge >= 0.3 is 0 Å². The van der Waals surface area contributed by atoms with Gasteiger partial charge in [0.1, 0.15) is 0 Å². The molecule has 0 fully saturated rings. The third-order valence-electron chi connectivity index (χ3n) is 2.34. The molecule has 1 heterocycles. The van der Waals surface area contributed by atoms with E-state index in [9.17, 15) is 0 Å². The minimum atomic E-state index is -0.485. The van der Waals surface area contributed by atoms with E-state index in [2.05, 4.69) is 4.98 Å². The second kappa shape index (κ2) is 3.52. The van der Waals surface area contributed by atoms with Crippen LogP contribution in [0, 0.1) is 0 Å². The van der Waals surface area contributed by atoms with E-state index < -0.39 is 5.54 Å². The Kier molecular flexibility index (Phi) is 2.35. The summed E-state index contributed by atoms with van der Waals surface area (Å²) in [5, 5.41) is 1.99. The van der Waals surface area contributed by atoms with Crippen LogP contribution in [0.1, 0.15) is 18.2 Å². The van der Waals surface area contributed by atoms with Crippen LogP contribution in [-0.4, -0.2) is 4.98 Å². The minimum absolute atomic E-state index is 0.485. The van der Waals surface area contributed by atoms with Crippen molar-refractivity contribution in [2.45, 2.75) is 12.5 Å². The van der Waals surface area contributed by atoms with E-state index >= 15 is 0 Å². The normalized spacial score (nSPS) is 15.0. The number of thiazole rings is 1. The van der Waals surface area contributed by atoms with Gasteiger partial charge in [0.2, 0.25) is 0 Å². The van der Waals surface area contributed by atoms with Gasteiger partial charge in [-0.25, -0.2) is 4.98 Å². The van der Waals surface area contributed by atoms with Crippen LogP contribution in [0.2, 0.25) is 0 Å². The number of hydrogen-bond donors (Lipinski definition) is 1. The maximum Gasteiger partial charge on any atom is 0.0819 e. The monoisotopic (exact) mass is 204 g/mol.